The summed E-state index contributed by atoms with van der Waals surface area (Å²) in [5, 5.41) is 0. The Morgan fingerprint density at radius 3 is 2.03 bits per heavy atom. The summed E-state index contributed by atoms with van der Waals surface area (Å²) in [5.74, 6) is 0.251. The van der Waals surface area contributed by atoms with E-state index in [9.17, 15) is 14.4 Å². The highest BCUT2D eigenvalue weighted by Crippen LogP contribution is 2.42. The van der Waals surface area contributed by atoms with Gasteiger partial charge in [-0.1, -0.05) is 66.7 Å². The number of anilines is 1. The van der Waals surface area contributed by atoms with E-state index in [1.807, 2.05) is 36.4 Å². The van der Waals surface area contributed by atoms with Crippen LogP contribution in [0, 0.1) is 0 Å². The highest BCUT2D eigenvalue weighted by molar-refractivity contribution is 6.34. The van der Waals surface area contributed by atoms with E-state index >= 15 is 0 Å². The minimum absolute atomic E-state index is 0.0690. The zero-order chi connectivity index (χ0) is 25.1. The molecule has 1 fully saturated rings. The number of Topliss-reactive ketones (excluding diaryl/α,β-unsaturated/α-hetero) is 3. The Labute approximate surface area is 211 Å². The number of nitrogens with zero attached hydrogens (tertiary/aromatic N) is 2. The molecule has 0 aromatic heterocycles. The number of ketones is 3. The first-order chi connectivity index (χ1) is 17.5. The van der Waals surface area contributed by atoms with Crippen molar-refractivity contribution in [2.45, 2.75) is 18.3 Å². The van der Waals surface area contributed by atoms with E-state index < -0.39 is 5.41 Å². The highest BCUT2D eigenvalue weighted by atomic mass is 16.5. The summed E-state index contributed by atoms with van der Waals surface area (Å²) >= 11 is 0. The van der Waals surface area contributed by atoms with Gasteiger partial charge in [0.1, 0.15) is 16.9 Å². The van der Waals surface area contributed by atoms with E-state index in [1.165, 1.54) is 0 Å². The molecule has 3 aromatic carbocycles. The Bertz CT molecular complexity index is 1240. The molecule has 0 saturated carbocycles. The molecule has 1 heterocycles. The lowest BCUT2D eigenvalue weighted by molar-refractivity contribution is -0.120. The van der Waals surface area contributed by atoms with Crippen LogP contribution in [0.1, 0.15) is 39.1 Å². The van der Waals surface area contributed by atoms with Gasteiger partial charge < -0.3 is 9.64 Å². The standard InChI is InChI=1S/C30H30N2O4/c1-36-27-14-8-7-13-26(27)32-19-17-31(18-20-32)16-15-23(33)21-30(22-9-3-2-4-10-22)28(34)24-11-5-6-12-25(24)29(30)35/h2-14H,15-21H2,1H3. The fraction of sp³-hybridized carbons (Fsp3) is 0.300. The lowest BCUT2D eigenvalue weighted by Crippen LogP contribution is -2.47. The van der Waals surface area contributed by atoms with Gasteiger partial charge in [-0.3, -0.25) is 19.3 Å². The van der Waals surface area contributed by atoms with Crippen molar-refractivity contribution in [3.63, 3.8) is 0 Å². The Balaban J connectivity index is 1.26. The summed E-state index contributed by atoms with van der Waals surface area (Å²) in [5.41, 5.74) is 1.02. The van der Waals surface area contributed by atoms with Crippen molar-refractivity contribution in [2.75, 3.05) is 44.7 Å². The van der Waals surface area contributed by atoms with Crippen molar-refractivity contribution in [3.8, 4) is 5.75 Å². The first-order valence-electron chi connectivity index (χ1n) is 12.4. The van der Waals surface area contributed by atoms with Gasteiger partial charge in [0.25, 0.3) is 0 Å². The summed E-state index contributed by atoms with van der Waals surface area (Å²) in [4.78, 5) is 45.0. The molecule has 184 valence electrons. The number of para-hydroxylation sites is 2. The minimum Gasteiger partial charge on any atom is -0.495 e. The number of rotatable bonds is 8. The molecule has 0 amide bonds. The van der Waals surface area contributed by atoms with Crippen LogP contribution in [0.4, 0.5) is 5.69 Å². The Morgan fingerprint density at radius 2 is 1.39 bits per heavy atom. The maximum absolute atomic E-state index is 13.6. The zero-order valence-electron chi connectivity index (χ0n) is 20.5. The van der Waals surface area contributed by atoms with Crippen LogP contribution < -0.4 is 9.64 Å². The molecular weight excluding hydrogens is 452 g/mol. The van der Waals surface area contributed by atoms with Crippen molar-refractivity contribution in [3.05, 3.63) is 95.6 Å². The molecule has 0 spiro atoms. The van der Waals surface area contributed by atoms with E-state index in [4.69, 9.17) is 4.74 Å². The van der Waals surface area contributed by atoms with Crippen LogP contribution >= 0.6 is 0 Å². The third-order valence-corrected chi connectivity index (χ3v) is 7.43. The van der Waals surface area contributed by atoms with Crippen LogP contribution in [0.25, 0.3) is 0 Å². The quantitative estimate of drug-likeness (QED) is 0.449. The molecule has 1 aliphatic carbocycles. The van der Waals surface area contributed by atoms with Gasteiger partial charge in [-0.05, 0) is 17.7 Å². The molecule has 0 N–H and O–H groups in total. The normalized spacial score (nSPS) is 17.2. The van der Waals surface area contributed by atoms with Crippen LogP contribution in [0.15, 0.2) is 78.9 Å². The number of hydrogen-bond acceptors (Lipinski definition) is 6. The summed E-state index contributed by atoms with van der Waals surface area (Å²) in [6, 6.07) is 23.9. The smallest absolute Gasteiger partial charge is 0.182 e. The maximum atomic E-state index is 13.6. The van der Waals surface area contributed by atoms with Crippen LogP contribution in [-0.4, -0.2) is 62.1 Å². The van der Waals surface area contributed by atoms with Crippen LogP contribution in [0.2, 0.25) is 0 Å². The molecule has 0 atom stereocenters. The second-order valence-corrected chi connectivity index (χ2v) is 9.44. The van der Waals surface area contributed by atoms with Gasteiger partial charge >= 0.3 is 0 Å². The molecular formula is C30H30N2O4. The maximum Gasteiger partial charge on any atom is 0.182 e. The average Bonchev–Trinajstić information content (AvgIpc) is 3.15. The van der Waals surface area contributed by atoms with Gasteiger partial charge in [0.05, 0.1) is 12.8 Å². The van der Waals surface area contributed by atoms with E-state index in [2.05, 4.69) is 15.9 Å². The number of benzene rings is 3. The highest BCUT2D eigenvalue weighted by Gasteiger charge is 2.54. The molecule has 0 unspecified atom stereocenters. The summed E-state index contributed by atoms with van der Waals surface area (Å²) in [7, 11) is 1.68. The van der Waals surface area contributed by atoms with Crippen molar-refractivity contribution in [1.82, 2.24) is 4.90 Å². The van der Waals surface area contributed by atoms with Crippen molar-refractivity contribution >= 4 is 23.0 Å². The molecule has 1 saturated heterocycles. The second-order valence-electron chi connectivity index (χ2n) is 9.44. The van der Waals surface area contributed by atoms with Gasteiger partial charge in [-0.25, -0.2) is 0 Å². The van der Waals surface area contributed by atoms with E-state index in [-0.39, 0.29) is 23.8 Å². The van der Waals surface area contributed by atoms with E-state index in [0.717, 1.165) is 37.6 Å². The molecule has 1 aliphatic heterocycles. The van der Waals surface area contributed by atoms with Crippen molar-refractivity contribution < 1.29 is 19.1 Å². The van der Waals surface area contributed by atoms with Crippen LogP contribution in [0.5, 0.6) is 5.75 Å². The molecule has 0 bridgehead atoms. The predicted octanol–water partition coefficient (Wildman–Crippen LogP) is 4.18. The number of carbonyl (C=O) groups excluding carboxylic acids is 3. The molecule has 2 aliphatic rings. The Hall–Kier alpha value is -3.77. The average molecular weight is 483 g/mol. The molecule has 6 heteroatoms. The topological polar surface area (TPSA) is 66.9 Å². The van der Waals surface area contributed by atoms with Gasteiger partial charge in [0.15, 0.2) is 11.6 Å². The Kier molecular flexibility index (Phi) is 6.70. The van der Waals surface area contributed by atoms with Crippen LogP contribution in [-0.2, 0) is 10.2 Å². The van der Waals surface area contributed by atoms with Gasteiger partial charge in [-0.2, -0.15) is 0 Å². The monoisotopic (exact) mass is 482 g/mol. The number of carbonyl (C=O) groups is 3. The summed E-state index contributed by atoms with van der Waals surface area (Å²) in [6.45, 7) is 3.96. The number of ether oxygens (including phenoxy) is 1. The summed E-state index contributed by atoms with van der Waals surface area (Å²) < 4.78 is 5.50. The summed E-state index contributed by atoms with van der Waals surface area (Å²) in [6.07, 6.45) is 0.199. The fourth-order valence-electron chi connectivity index (χ4n) is 5.46. The molecule has 3 aromatic rings. The molecule has 5 rings (SSSR count). The lowest BCUT2D eigenvalue weighted by Gasteiger charge is -2.36. The third-order valence-electron chi connectivity index (χ3n) is 7.43. The minimum atomic E-state index is -1.47. The molecule has 0 radical (unpaired) electrons. The number of methoxy groups -OCH3 is 1. The SMILES string of the molecule is COc1ccccc1N1CCN(CCC(=O)CC2(c3ccccc3)C(=O)c3ccccc3C2=O)CC1. The predicted molar refractivity (Wildman–Crippen MR) is 139 cm³/mol. The molecule has 6 nitrogen and oxygen atoms in total. The first-order valence-corrected chi connectivity index (χ1v) is 12.4. The molecule has 36 heavy (non-hydrogen) atoms. The van der Waals surface area contributed by atoms with Crippen molar-refractivity contribution in [1.29, 1.82) is 0 Å². The van der Waals surface area contributed by atoms with Gasteiger partial charge in [0.2, 0.25) is 0 Å². The van der Waals surface area contributed by atoms with E-state index in [0.29, 0.717) is 29.7 Å². The second kappa shape index (κ2) is 10.1. The van der Waals surface area contributed by atoms with Crippen molar-refractivity contribution in [2.24, 2.45) is 0 Å². The zero-order valence-corrected chi connectivity index (χ0v) is 20.5. The van der Waals surface area contributed by atoms with Crippen LogP contribution in [0.3, 0.4) is 0 Å². The van der Waals surface area contributed by atoms with Gasteiger partial charge in [-0.15, -0.1) is 0 Å². The van der Waals surface area contributed by atoms with E-state index in [1.54, 1.807) is 43.5 Å². The lowest BCUT2D eigenvalue weighted by atomic mass is 9.72. The first kappa shape index (κ1) is 23.9. The fourth-order valence-corrected chi connectivity index (χ4v) is 5.46. The largest absolute Gasteiger partial charge is 0.495 e. The number of fused-ring (bicyclic) bond motifs is 1. The van der Waals surface area contributed by atoms with Gasteiger partial charge in [0, 0.05) is 56.7 Å². The third kappa shape index (κ3) is 4.22. The Morgan fingerprint density at radius 1 is 0.806 bits per heavy atom. The number of piperazine rings is 1. The number of hydrogen-bond donors (Lipinski definition) is 0.